The molecule has 0 aliphatic carbocycles. The first-order valence-electron chi connectivity index (χ1n) is 7.81. The number of rotatable bonds is 5. The van der Waals surface area contributed by atoms with Crippen LogP contribution in [0, 0.1) is 0 Å². The zero-order valence-electron chi connectivity index (χ0n) is 14.6. The molecule has 8 heteroatoms. The van der Waals surface area contributed by atoms with Crippen LogP contribution < -0.4 is 15.4 Å². The zero-order valence-corrected chi connectivity index (χ0v) is 14.6. The van der Waals surface area contributed by atoms with E-state index in [9.17, 15) is 22.8 Å². The summed E-state index contributed by atoms with van der Waals surface area (Å²) in [5.41, 5.74) is -0.886. The molecule has 0 fully saturated rings. The lowest BCUT2D eigenvalue weighted by Gasteiger charge is -2.15. The fourth-order valence-electron chi connectivity index (χ4n) is 2.31. The number of amides is 2. The van der Waals surface area contributed by atoms with Crippen LogP contribution in [0.15, 0.2) is 48.5 Å². The van der Waals surface area contributed by atoms with Gasteiger partial charge in [-0.1, -0.05) is 18.2 Å². The van der Waals surface area contributed by atoms with Crippen LogP contribution in [-0.2, 0) is 15.8 Å². The van der Waals surface area contributed by atoms with Crippen molar-refractivity contribution in [3.05, 3.63) is 59.7 Å². The van der Waals surface area contributed by atoms with Crippen molar-refractivity contribution in [1.29, 1.82) is 0 Å². The second kappa shape index (κ2) is 8.39. The molecular weight excluding hydrogens is 361 g/mol. The van der Waals surface area contributed by atoms with E-state index >= 15 is 0 Å². The zero-order chi connectivity index (χ0) is 20.0. The largest absolute Gasteiger partial charge is 0.496 e. The third-order valence-corrected chi connectivity index (χ3v) is 3.46. The molecule has 0 aromatic heterocycles. The lowest BCUT2D eigenvalue weighted by atomic mass is 10.1. The number of hydrogen-bond donors (Lipinski definition) is 2. The molecule has 0 saturated carbocycles. The molecule has 5 nitrogen and oxygen atoms in total. The molecule has 0 heterocycles. The van der Waals surface area contributed by atoms with Crippen molar-refractivity contribution in [2.24, 2.45) is 0 Å². The van der Waals surface area contributed by atoms with E-state index in [1.54, 1.807) is 24.3 Å². The van der Waals surface area contributed by atoms with Crippen molar-refractivity contribution < 1.29 is 27.5 Å². The minimum absolute atomic E-state index is 0.0163. The number of benzene rings is 2. The van der Waals surface area contributed by atoms with E-state index in [1.165, 1.54) is 26.2 Å². The van der Waals surface area contributed by atoms with Crippen LogP contribution in [0.2, 0.25) is 0 Å². The highest BCUT2D eigenvalue weighted by Crippen LogP contribution is 2.36. The third kappa shape index (κ3) is 5.60. The van der Waals surface area contributed by atoms with Crippen LogP contribution in [0.25, 0.3) is 6.08 Å². The van der Waals surface area contributed by atoms with Gasteiger partial charge in [0.2, 0.25) is 11.8 Å². The van der Waals surface area contributed by atoms with Crippen molar-refractivity contribution in [2.45, 2.75) is 13.1 Å². The van der Waals surface area contributed by atoms with E-state index in [4.69, 9.17) is 4.74 Å². The van der Waals surface area contributed by atoms with Gasteiger partial charge in [0, 0.05) is 24.3 Å². The Morgan fingerprint density at radius 1 is 1.07 bits per heavy atom. The van der Waals surface area contributed by atoms with Crippen molar-refractivity contribution in [3.63, 3.8) is 0 Å². The van der Waals surface area contributed by atoms with Gasteiger partial charge in [0.15, 0.2) is 0 Å². The summed E-state index contributed by atoms with van der Waals surface area (Å²) in [6.07, 6.45) is -2.16. The lowest BCUT2D eigenvalue weighted by molar-refractivity contribution is -0.137. The smallest absolute Gasteiger partial charge is 0.418 e. The molecule has 0 spiro atoms. The molecule has 0 saturated heterocycles. The minimum atomic E-state index is -4.70. The summed E-state index contributed by atoms with van der Waals surface area (Å²) < 4.78 is 44.9. The van der Waals surface area contributed by atoms with E-state index in [1.807, 2.05) is 0 Å². The van der Waals surface area contributed by atoms with Gasteiger partial charge in [-0.25, -0.2) is 0 Å². The summed E-state index contributed by atoms with van der Waals surface area (Å²) in [5, 5.41) is 4.48. The summed E-state index contributed by atoms with van der Waals surface area (Å²) in [4.78, 5) is 23.1. The van der Waals surface area contributed by atoms with Crippen LogP contribution >= 0.6 is 0 Å². The molecule has 0 aliphatic rings. The second-order valence-corrected chi connectivity index (χ2v) is 5.50. The maximum atomic E-state index is 13.3. The Hall–Kier alpha value is -3.29. The van der Waals surface area contributed by atoms with Gasteiger partial charge in [-0.15, -0.1) is 0 Å². The standard InChI is InChI=1S/C19H17F3N2O3/c1-12(25)23-14-8-9-16(15(11-14)19(20,21)22)24-18(26)10-7-13-5-3-4-6-17(13)27-2/h3-11H,1-2H3,(H,23,25)(H,24,26)/b10-7+. The van der Waals surface area contributed by atoms with Gasteiger partial charge in [0.25, 0.3) is 0 Å². The van der Waals surface area contributed by atoms with Gasteiger partial charge in [0.1, 0.15) is 5.75 Å². The summed E-state index contributed by atoms with van der Waals surface area (Å²) in [7, 11) is 1.47. The number of nitrogens with one attached hydrogen (secondary N) is 2. The first-order valence-corrected chi connectivity index (χ1v) is 7.81. The predicted molar refractivity (Wildman–Crippen MR) is 96.4 cm³/mol. The van der Waals surface area contributed by atoms with Crippen LogP contribution in [0.4, 0.5) is 24.5 Å². The topological polar surface area (TPSA) is 67.4 Å². The Morgan fingerprint density at radius 3 is 2.41 bits per heavy atom. The van der Waals surface area contributed by atoms with Crippen LogP contribution in [0.1, 0.15) is 18.1 Å². The number of alkyl halides is 3. The summed E-state index contributed by atoms with van der Waals surface area (Å²) in [6.45, 7) is 1.19. The molecule has 0 radical (unpaired) electrons. The quantitative estimate of drug-likeness (QED) is 0.762. The summed E-state index contributed by atoms with van der Waals surface area (Å²) in [6, 6.07) is 10.0. The Bertz CT molecular complexity index is 877. The maximum Gasteiger partial charge on any atom is 0.418 e. The average Bonchev–Trinajstić information content (AvgIpc) is 2.60. The predicted octanol–water partition coefficient (Wildman–Crippen LogP) is 4.32. The van der Waals surface area contributed by atoms with Gasteiger partial charge in [0.05, 0.1) is 18.4 Å². The van der Waals surface area contributed by atoms with Crippen molar-refractivity contribution in [1.82, 2.24) is 0 Å². The van der Waals surface area contributed by atoms with E-state index in [-0.39, 0.29) is 5.69 Å². The third-order valence-electron chi connectivity index (χ3n) is 3.46. The normalized spacial score (nSPS) is 11.3. The second-order valence-electron chi connectivity index (χ2n) is 5.50. The fourth-order valence-corrected chi connectivity index (χ4v) is 2.31. The molecule has 2 rings (SSSR count). The highest BCUT2D eigenvalue weighted by Gasteiger charge is 2.34. The number of ether oxygens (including phenoxy) is 1. The van der Waals surface area contributed by atoms with Crippen LogP contribution in [-0.4, -0.2) is 18.9 Å². The van der Waals surface area contributed by atoms with Crippen molar-refractivity contribution in [3.8, 4) is 5.75 Å². The van der Waals surface area contributed by atoms with Gasteiger partial charge in [-0.05, 0) is 30.3 Å². The fraction of sp³-hybridized carbons (Fsp3) is 0.158. The van der Waals surface area contributed by atoms with Crippen LogP contribution in [0.3, 0.4) is 0 Å². The molecule has 0 aliphatic heterocycles. The molecule has 2 N–H and O–H groups in total. The molecule has 142 valence electrons. The van der Waals surface area contributed by atoms with Gasteiger partial charge >= 0.3 is 6.18 Å². The van der Waals surface area contributed by atoms with E-state index in [0.29, 0.717) is 11.3 Å². The van der Waals surface area contributed by atoms with E-state index < -0.39 is 29.2 Å². The highest BCUT2D eigenvalue weighted by atomic mass is 19.4. The van der Waals surface area contributed by atoms with E-state index in [0.717, 1.165) is 18.2 Å². The molecule has 2 aromatic carbocycles. The number of carbonyl (C=O) groups excluding carboxylic acids is 2. The van der Waals surface area contributed by atoms with Crippen molar-refractivity contribution in [2.75, 3.05) is 17.7 Å². The highest BCUT2D eigenvalue weighted by molar-refractivity contribution is 6.03. The Labute approximate surface area is 153 Å². The number of methoxy groups -OCH3 is 1. The molecule has 27 heavy (non-hydrogen) atoms. The first kappa shape index (κ1) is 20.0. The van der Waals surface area contributed by atoms with Gasteiger partial charge < -0.3 is 15.4 Å². The van der Waals surface area contributed by atoms with Gasteiger partial charge in [-0.2, -0.15) is 13.2 Å². The Kier molecular flexibility index (Phi) is 6.23. The number of hydrogen-bond acceptors (Lipinski definition) is 3. The molecule has 0 atom stereocenters. The SMILES string of the molecule is COc1ccccc1/C=C/C(=O)Nc1ccc(NC(C)=O)cc1C(F)(F)F. The summed E-state index contributed by atoms with van der Waals surface area (Å²) in [5.74, 6) is -0.712. The molecule has 2 amide bonds. The maximum absolute atomic E-state index is 13.3. The summed E-state index contributed by atoms with van der Waals surface area (Å²) >= 11 is 0. The average molecular weight is 378 g/mol. The van der Waals surface area contributed by atoms with Gasteiger partial charge in [-0.3, -0.25) is 9.59 Å². The number of anilines is 2. The number of para-hydroxylation sites is 1. The first-order chi connectivity index (χ1) is 12.7. The molecular formula is C19H17F3N2O3. The van der Waals surface area contributed by atoms with E-state index in [2.05, 4.69) is 10.6 Å². The lowest BCUT2D eigenvalue weighted by Crippen LogP contribution is -2.16. The molecule has 2 aromatic rings. The number of halogens is 3. The Balaban J connectivity index is 2.24. The monoisotopic (exact) mass is 378 g/mol. The molecule has 0 unspecified atom stereocenters. The van der Waals surface area contributed by atoms with Crippen LogP contribution in [0.5, 0.6) is 5.75 Å². The minimum Gasteiger partial charge on any atom is -0.496 e. The molecule has 0 bridgehead atoms. The van der Waals surface area contributed by atoms with Crippen molar-refractivity contribution >= 4 is 29.3 Å². The Morgan fingerprint density at radius 2 is 1.78 bits per heavy atom. The number of carbonyl (C=O) groups is 2.